The van der Waals surface area contributed by atoms with Crippen LogP contribution < -0.4 is 0 Å². The SMILES string of the molecule is CCn1c(=S)cc(C)c2cccc(C)c21. The molecule has 0 saturated carbocycles. The van der Waals surface area contributed by atoms with Crippen LogP contribution in [0.3, 0.4) is 0 Å². The second-order valence-electron chi connectivity index (χ2n) is 3.88. The predicted octanol–water partition coefficient (Wildman–Crippen LogP) is 4.01. The van der Waals surface area contributed by atoms with Crippen molar-refractivity contribution >= 4 is 23.1 Å². The minimum atomic E-state index is 0.928. The fourth-order valence-electron chi connectivity index (χ4n) is 2.10. The molecule has 0 spiro atoms. The summed E-state index contributed by atoms with van der Waals surface area (Å²) < 4.78 is 3.13. The molecule has 0 aliphatic rings. The first-order valence-corrected chi connectivity index (χ1v) is 5.65. The van der Waals surface area contributed by atoms with Crippen LogP contribution in [0.4, 0.5) is 0 Å². The van der Waals surface area contributed by atoms with E-state index in [9.17, 15) is 0 Å². The van der Waals surface area contributed by atoms with E-state index in [0.29, 0.717) is 0 Å². The number of aromatic nitrogens is 1. The van der Waals surface area contributed by atoms with Crippen LogP contribution in [0.1, 0.15) is 18.1 Å². The molecule has 15 heavy (non-hydrogen) atoms. The van der Waals surface area contributed by atoms with Crippen LogP contribution in [-0.2, 0) is 6.54 Å². The molecular weight excluding hydrogens is 202 g/mol. The maximum absolute atomic E-state index is 5.39. The molecule has 2 aromatic rings. The standard InChI is InChI=1S/C13H15NS/c1-4-14-12(15)8-10(3)11-7-5-6-9(2)13(11)14/h5-8H,4H2,1-3H3. The summed E-state index contributed by atoms with van der Waals surface area (Å²) in [6, 6.07) is 8.50. The monoisotopic (exact) mass is 217 g/mol. The summed E-state index contributed by atoms with van der Waals surface area (Å²) in [4.78, 5) is 0. The number of fused-ring (bicyclic) bond motifs is 1. The number of aryl methyl sites for hydroxylation is 3. The van der Waals surface area contributed by atoms with Crippen LogP contribution in [0, 0.1) is 18.5 Å². The number of pyridine rings is 1. The summed E-state index contributed by atoms with van der Waals surface area (Å²) in [6.07, 6.45) is 0. The molecule has 0 saturated heterocycles. The van der Waals surface area contributed by atoms with Crippen molar-refractivity contribution < 1.29 is 0 Å². The normalized spacial score (nSPS) is 10.9. The van der Waals surface area contributed by atoms with Crippen LogP contribution in [0.2, 0.25) is 0 Å². The van der Waals surface area contributed by atoms with Crippen LogP contribution >= 0.6 is 12.2 Å². The Hall–Kier alpha value is -1.15. The number of hydrogen-bond donors (Lipinski definition) is 0. The van der Waals surface area contributed by atoms with Gasteiger partial charge in [-0.2, -0.15) is 0 Å². The van der Waals surface area contributed by atoms with E-state index in [4.69, 9.17) is 12.2 Å². The number of nitrogens with zero attached hydrogens (tertiary/aromatic N) is 1. The lowest BCUT2D eigenvalue weighted by atomic mass is 10.1. The first-order valence-electron chi connectivity index (χ1n) is 5.25. The van der Waals surface area contributed by atoms with Crippen molar-refractivity contribution in [3.8, 4) is 0 Å². The second-order valence-corrected chi connectivity index (χ2v) is 4.30. The van der Waals surface area contributed by atoms with Crippen molar-refractivity contribution in [3.63, 3.8) is 0 Å². The van der Waals surface area contributed by atoms with Crippen molar-refractivity contribution in [2.75, 3.05) is 0 Å². The Balaban J connectivity index is 3.05. The highest BCUT2D eigenvalue weighted by Crippen LogP contribution is 2.22. The highest BCUT2D eigenvalue weighted by molar-refractivity contribution is 7.71. The Labute approximate surface area is 95.4 Å². The highest BCUT2D eigenvalue weighted by atomic mass is 32.1. The van der Waals surface area contributed by atoms with Gasteiger partial charge >= 0.3 is 0 Å². The van der Waals surface area contributed by atoms with Crippen LogP contribution in [0.15, 0.2) is 24.3 Å². The summed E-state index contributed by atoms with van der Waals surface area (Å²) in [5, 5.41) is 1.31. The van der Waals surface area contributed by atoms with Gasteiger partial charge < -0.3 is 4.57 Å². The number of hydrogen-bond acceptors (Lipinski definition) is 1. The second kappa shape index (κ2) is 3.78. The van der Waals surface area contributed by atoms with Gasteiger partial charge in [0, 0.05) is 11.9 Å². The van der Waals surface area contributed by atoms with E-state index in [-0.39, 0.29) is 0 Å². The molecule has 0 aliphatic heterocycles. The molecule has 1 aromatic heterocycles. The highest BCUT2D eigenvalue weighted by Gasteiger charge is 2.04. The summed E-state index contributed by atoms with van der Waals surface area (Å²) in [5.74, 6) is 0. The third-order valence-corrected chi connectivity index (χ3v) is 3.19. The Bertz CT molecular complexity index is 566. The van der Waals surface area contributed by atoms with E-state index in [1.807, 2.05) is 0 Å². The summed E-state index contributed by atoms with van der Waals surface area (Å²) in [6.45, 7) is 7.33. The molecule has 0 atom stereocenters. The zero-order valence-electron chi connectivity index (χ0n) is 9.37. The van der Waals surface area contributed by atoms with Gasteiger partial charge in [0.1, 0.15) is 4.64 Å². The van der Waals surface area contributed by atoms with Gasteiger partial charge in [0.25, 0.3) is 0 Å². The van der Waals surface area contributed by atoms with E-state index >= 15 is 0 Å². The molecule has 1 heterocycles. The molecule has 1 nitrogen and oxygen atoms in total. The minimum absolute atomic E-state index is 0.928. The van der Waals surface area contributed by atoms with Gasteiger partial charge in [0.15, 0.2) is 0 Å². The number of benzene rings is 1. The van der Waals surface area contributed by atoms with E-state index in [2.05, 4.69) is 49.6 Å². The van der Waals surface area contributed by atoms with Gasteiger partial charge in [-0.15, -0.1) is 0 Å². The van der Waals surface area contributed by atoms with Gasteiger partial charge in [-0.3, -0.25) is 0 Å². The smallest absolute Gasteiger partial charge is 0.106 e. The van der Waals surface area contributed by atoms with E-state index < -0.39 is 0 Å². The van der Waals surface area contributed by atoms with Crippen molar-refractivity contribution in [2.24, 2.45) is 0 Å². The summed E-state index contributed by atoms with van der Waals surface area (Å²) in [5.41, 5.74) is 3.84. The predicted molar refractivity (Wildman–Crippen MR) is 67.9 cm³/mol. The summed E-state index contributed by atoms with van der Waals surface area (Å²) >= 11 is 5.39. The van der Waals surface area contributed by atoms with Crippen LogP contribution in [0.25, 0.3) is 10.9 Å². The van der Waals surface area contributed by atoms with E-state index in [0.717, 1.165) is 11.2 Å². The summed E-state index contributed by atoms with van der Waals surface area (Å²) in [7, 11) is 0. The van der Waals surface area contributed by atoms with Gasteiger partial charge in [0.2, 0.25) is 0 Å². The lowest BCUT2D eigenvalue weighted by molar-refractivity contribution is 0.774. The van der Waals surface area contributed by atoms with Crippen molar-refractivity contribution in [1.82, 2.24) is 4.57 Å². The Morgan fingerprint density at radius 1 is 1.20 bits per heavy atom. The number of rotatable bonds is 1. The van der Waals surface area contributed by atoms with Gasteiger partial charge in [-0.05, 0) is 38.0 Å². The van der Waals surface area contributed by atoms with Gasteiger partial charge in [-0.25, -0.2) is 0 Å². The fraction of sp³-hybridized carbons (Fsp3) is 0.308. The average Bonchev–Trinajstić information content (AvgIpc) is 2.20. The topological polar surface area (TPSA) is 4.93 Å². The molecule has 0 aliphatic carbocycles. The van der Waals surface area contributed by atoms with Crippen LogP contribution in [-0.4, -0.2) is 4.57 Å². The fourth-order valence-corrected chi connectivity index (χ4v) is 2.50. The Morgan fingerprint density at radius 3 is 2.60 bits per heavy atom. The van der Waals surface area contributed by atoms with Gasteiger partial charge in [-0.1, -0.05) is 30.4 Å². The van der Waals surface area contributed by atoms with Crippen molar-refractivity contribution in [2.45, 2.75) is 27.3 Å². The first-order chi connectivity index (χ1) is 7.15. The first kappa shape index (κ1) is 10.4. The lowest BCUT2D eigenvalue weighted by Crippen LogP contribution is -2.02. The molecular formula is C13H15NS. The van der Waals surface area contributed by atoms with Gasteiger partial charge in [0.05, 0.1) is 5.52 Å². The van der Waals surface area contributed by atoms with E-state index in [1.165, 1.54) is 22.0 Å². The maximum atomic E-state index is 5.39. The van der Waals surface area contributed by atoms with E-state index in [1.54, 1.807) is 0 Å². The molecule has 0 amide bonds. The molecule has 2 rings (SSSR count). The zero-order chi connectivity index (χ0) is 11.0. The Kier molecular flexibility index (Phi) is 2.61. The molecule has 0 N–H and O–H groups in total. The minimum Gasteiger partial charge on any atom is -0.332 e. The quantitative estimate of drug-likeness (QED) is 0.653. The molecule has 1 aromatic carbocycles. The molecule has 0 radical (unpaired) electrons. The average molecular weight is 217 g/mol. The molecule has 2 heteroatoms. The molecule has 0 bridgehead atoms. The molecule has 78 valence electrons. The van der Waals surface area contributed by atoms with Crippen molar-refractivity contribution in [1.29, 1.82) is 0 Å². The maximum Gasteiger partial charge on any atom is 0.106 e. The van der Waals surface area contributed by atoms with Crippen molar-refractivity contribution in [3.05, 3.63) is 40.0 Å². The zero-order valence-corrected chi connectivity index (χ0v) is 10.2. The molecule has 0 fully saturated rings. The van der Waals surface area contributed by atoms with Crippen LogP contribution in [0.5, 0.6) is 0 Å². The third-order valence-electron chi connectivity index (χ3n) is 2.85. The largest absolute Gasteiger partial charge is 0.332 e. The number of para-hydroxylation sites is 1. The third kappa shape index (κ3) is 1.59. The molecule has 0 unspecified atom stereocenters. The Morgan fingerprint density at radius 2 is 1.93 bits per heavy atom. The lowest BCUT2D eigenvalue weighted by Gasteiger charge is -2.13.